The number of carbonyl (C=O) groups is 2. The Morgan fingerprint density at radius 1 is 1.30 bits per heavy atom. The van der Waals surface area contributed by atoms with Crippen molar-refractivity contribution in [2.24, 2.45) is 11.8 Å². The van der Waals surface area contributed by atoms with Crippen molar-refractivity contribution in [1.29, 1.82) is 0 Å². The molecular formula is C18H22O2. The highest BCUT2D eigenvalue weighted by molar-refractivity contribution is 6.04. The molecule has 0 bridgehead atoms. The Morgan fingerprint density at radius 3 is 2.70 bits per heavy atom. The van der Waals surface area contributed by atoms with Gasteiger partial charge >= 0.3 is 0 Å². The highest BCUT2D eigenvalue weighted by Gasteiger charge is 2.27. The molecule has 0 aliphatic heterocycles. The number of rotatable bonds is 5. The molecule has 0 N–H and O–H groups in total. The van der Waals surface area contributed by atoms with Crippen LogP contribution in [0.25, 0.3) is 0 Å². The summed E-state index contributed by atoms with van der Waals surface area (Å²) in [5.41, 5.74) is 0.702. The van der Waals surface area contributed by atoms with Crippen molar-refractivity contribution in [3.63, 3.8) is 0 Å². The highest BCUT2D eigenvalue weighted by atomic mass is 16.1. The molecule has 0 heterocycles. The van der Waals surface area contributed by atoms with Crippen LogP contribution in [-0.4, -0.2) is 11.6 Å². The van der Waals surface area contributed by atoms with Gasteiger partial charge in [-0.3, -0.25) is 9.59 Å². The normalized spacial score (nSPS) is 21.1. The van der Waals surface area contributed by atoms with Gasteiger partial charge in [-0.15, -0.1) is 0 Å². The molecule has 2 rings (SSSR count). The van der Waals surface area contributed by atoms with E-state index >= 15 is 0 Å². The molecule has 1 aliphatic rings. The SMILES string of the molecule is CCC(/C=C/C(=O)c1ccccc1)C1CCCCC1=O. The lowest BCUT2D eigenvalue weighted by Crippen LogP contribution is -2.25. The van der Waals surface area contributed by atoms with Crippen LogP contribution >= 0.6 is 0 Å². The minimum Gasteiger partial charge on any atom is -0.299 e. The van der Waals surface area contributed by atoms with E-state index in [4.69, 9.17) is 0 Å². The van der Waals surface area contributed by atoms with Crippen molar-refractivity contribution >= 4 is 11.6 Å². The maximum absolute atomic E-state index is 12.1. The molecule has 106 valence electrons. The second-order valence-corrected chi connectivity index (χ2v) is 5.48. The Balaban J connectivity index is 2.04. The molecule has 0 saturated heterocycles. The van der Waals surface area contributed by atoms with E-state index in [1.54, 1.807) is 6.08 Å². The quantitative estimate of drug-likeness (QED) is 0.593. The van der Waals surface area contributed by atoms with Crippen LogP contribution in [0.1, 0.15) is 49.4 Å². The number of ketones is 2. The van der Waals surface area contributed by atoms with E-state index in [1.807, 2.05) is 36.4 Å². The lowest BCUT2D eigenvalue weighted by atomic mass is 9.77. The third-order valence-electron chi connectivity index (χ3n) is 4.14. The van der Waals surface area contributed by atoms with E-state index < -0.39 is 0 Å². The minimum atomic E-state index is 0.0207. The molecule has 2 heteroatoms. The Bertz CT molecular complexity index is 487. The average Bonchev–Trinajstić information content (AvgIpc) is 2.50. The standard InChI is InChI=1S/C18H22O2/c1-2-14(16-10-6-7-11-18(16)20)12-13-17(19)15-8-4-3-5-9-15/h3-5,8-9,12-14,16H,2,6-7,10-11H2,1H3/b13-12+. The van der Waals surface area contributed by atoms with Crippen LogP contribution in [0, 0.1) is 11.8 Å². The second-order valence-electron chi connectivity index (χ2n) is 5.48. The number of carbonyl (C=O) groups excluding carboxylic acids is 2. The van der Waals surface area contributed by atoms with Gasteiger partial charge in [0.05, 0.1) is 0 Å². The number of allylic oxidation sites excluding steroid dienone is 2. The summed E-state index contributed by atoms with van der Waals surface area (Å²) in [6.45, 7) is 2.09. The molecule has 2 nitrogen and oxygen atoms in total. The zero-order valence-electron chi connectivity index (χ0n) is 12.0. The zero-order valence-corrected chi connectivity index (χ0v) is 12.0. The summed E-state index contributed by atoms with van der Waals surface area (Å²) in [5.74, 6) is 0.719. The topological polar surface area (TPSA) is 34.1 Å². The third kappa shape index (κ3) is 3.66. The lowest BCUT2D eigenvalue weighted by molar-refractivity contribution is -0.125. The largest absolute Gasteiger partial charge is 0.299 e. The van der Waals surface area contributed by atoms with Crippen LogP contribution in [0.15, 0.2) is 42.5 Å². The molecule has 0 amide bonds. The van der Waals surface area contributed by atoms with Crippen molar-refractivity contribution in [3.8, 4) is 0 Å². The van der Waals surface area contributed by atoms with Gasteiger partial charge in [0, 0.05) is 17.9 Å². The Labute approximate surface area is 120 Å². The molecule has 1 aliphatic carbocycles. The summed E-state index contributed by atoms with van der Waals surface area (Å²) in [6.07, 6.45) is 8.35. The van der Waals surface area contributed by atoms with E-state index in [1.165, 1.54) is 0 Å². The molecule has 0 spiro atoms. The van der Waals surface area contributed by atoms with Crippen LogP contribution in [0.4, 0.5) is 0 Å². The molecule has 1 saturated carbocycles. The highest BCUT2D eigenvalue weighted by Crippen LogP contribution is 2.30. The third-order valence-corrected chi connectivity index (χ3v) is 4.14. The predicted molar refractivity (Wildman–Crippen MR) is 80.7 cm³/mol. The van der Waals surface area contributed by atoms with Crippen molar-refractivity contribution in [1.82, 2.24) is 0 Å². The molecule has 1 aromatic rings. The fourth-order valence-electron chi connectivity index (χ4n) is 2.93. The first-order valence-electron chi connectivity index (χ1n) is 7.52. The van der Waals surface area contributed by atoms with Crippen LogP contribution in [-0.2, 0) is 4.79 Å². The summed E-state index contributed by atoms with van der Waals surface area (Å²) in [5, 5.41) is 0. The van der Waals surface area contributed by atoms with Gasteiger partial charge in [0.15, 0.2) is 5.78 Å². The van der Waals surface area contributed by atoms with Crippen LogP contribution in [0.2, 0.25) is 0 Å². The molecule has 2 atom stereocenters. The molecule has 0 radical (unpaired) electrons. The number of hydrogen-bond donors (Lipinski definition) is 0. The first-order valence-corrected chi connectivity index (χ1v) is 7.52. The van der Waals surface area contributed by atoms with Gasteiger partial charge in [-0.1, -0.05) is 49.8 Å². The summed E-state index contributed by atoms with van der Waals surface area (Å²) in [6, 6.07) is 9.26. The van der Waals surface area contributed by atoms with Crippen molar-refractivity contribution in [2.75, 3.05) is 0 Å². The first-order chi connectivity index (χ1) is 9.72. The summed E-state index contributed by atoms with van der Waals surface area (Å²) in [7, 11) is 0. The smallest absolute Gasteiger partial charge is 0.185 e. The molecule has 1 fully saturated rings. The molecule has 2 unspecified atom stereocenters. The van der Waals surface area contributed by atoms with Gasteiger partial charge in [-0.25, -0.2) is 0 Å². The van der Waals surface area contributed by atoms with E-state index in [0.717, 1.165) is 25.7 Å². The fourth-order valence-corrected chi connectivity index (χ4v) is 2.93. The van der Waals surface area contributed by atoms with Gasteiger partial charge in [0.25, 0.3) is 0 Å². The van der Waals surface area contributed by atoms with E-state index in [0.29, 0.717) is 17.8 Å². The summed E-state index contributed by atoms with van der Waals surface area (Å²) in [4.78, 5) is 24.0. The number of Topliss-reactive ketones (excluding diaryl/α,β-unsaturated/α-hetero) is 1. The molecular weight excluding hydrogens is 248 g/mol. The van der Waals surface area contributed by atoms with Gasteiger partial charge in [-0.2, -0.15) is 0 Å². The summed E-state index contributed by atoms with van der Waals surface area (Å²) < 4.78 is 0. The van der Waals surface area contributed by atoms with Gasteiger partial charge in [0.1, 0.15) is 5.78 Å². The minimum absolute atomic E-state index is 0.0207. The van der Waals surface area contributed by atoms with Crippen LogP contribution in [0.5, 0.6) is 0 Å². The van der Waals surface area contributed by atoms with Crippen molar-refractivity contribution < 1.29 is 9.59 Å². The molecule has 0 aromatic heterocycles. The Hall–Kier alpha value is -1.70. The van der Waals surface area contributed by atoms with Crippen LogP contribution < -0.4 is 0 Å². The molecule has 20 heavy (non-hydrogen) atoms. The Morgan fingerprint density at radius 2 is 2.05 bits per heavy atom. The van der Waals surface area contributed by atoms with Crippen molar-refractivity contribution in [2.45, 2.75) is 39.0 Å². The maximum atomic E-state index is 12.1. The van der Waals surface area contributed by atoms with E-state index in [9.17, 15) is 9.59 Å². The fraction of sp³-hybridized carbons (Fsp3) is 0.444. The lowest BCUT2D eigenvalue weighted by Gasteiger charge is -2.26. The Kier molecular flexibility index (Phi) is 5.28. The van der Waals surface area contributed by atoms with Crippen molar-refractivity contribution in [3.05, 3.63) is 48.0 Å². The second kappa shape index (κ2) is 7.18. The maximum Gasteiger partial charge on any atom is 0.185 e. The van der Waals surface area contributed by atoms with E-state index in [-0.39, 0.29) is 17.6 Å². The predicted octanol–water partition coefficient (Wildman–Crippen LogP) is 4.21. The molecule has 1 aromatic carbocycles. The van der Waals surface area contributed by atoms with Crippen LogP contribution in [0.3, 0.4) is 0 Å². The van der Waals surface area contributed by atoms with Gasteiger partial charge in [0.2, 0.25) is 0 Å². The number of benzene rings is 1. The number of hydrogen-bond acceptors (Lipinski definition) is 2. The summed E-state index contributed by atoms with van der Waals surface area (Å²) >= 11 is 0. The van der Waals surface area contributed by atoms with E-state index in [2.05, 4.69) is 6.92 Å². The monoisotopic (exact) mass is 270 g/mol. The first kappa shape index (κ1) is 14.7. The van der Waals surface area contributed by atoms with Gasteiger partial charge < -0.3 is 0 Å². The van der Waals surface area contributed by atoms with Gasteiger partial charge in [-0.05, 0) is 31.3 Å². The average molecular weight is 270 g/mol. The zero-order chi connectivity index (χ0) is 14.4.